The van der Waals surface area contributed by atoms with Gasteiger partial charge in [-0.15, -0.1) is 0 Å². The van der Waals surface area contributed by atoms with Gasteiger partial charge in [0.2, 0.25) is 0 Å². The monoisotopic (exact) mass is 472 g/mol. The summed E-state index contributed by atoms with van der Waals surface area (Å²) >= 11 is 0. The number of hydrogen-bond acceptors (Lipinski definition) is 4. The number of carbonyl (C=O) groups is 2. The van der Waals surface area contributed by atoms with Gasteiger partial charge < -0.3 is 9.47 Å². The molecular formula is C26H39F3O4. The molecule has 0 atom stereocenters. The van der Waals surface area contributed by atoms with Crippen LogP contribution in [0.5, 0.6) is 0 Å². The van der Waals surface area contributed by atoms with E-state index in [0.29, 0.717) is 18.7 Å². The van der Waals surface area contributed by atoms with Crippen LogP contribution in [0.4, 0.5) is 13.2 Å². The van der Waals surface area contributed by atoms with Gasteiger partial charge in [0.25, 0.3) is 0 Å². The normalized spacial score (nSPS) is 10.9. The van der Waals surface area contributed by atoms with Crippen molar-refractivity contribution in [3.8, 4) is 0 Å². The van der Waals surface area contributed by atoms with E-state index < -0.39 is 30.0 Å². The molecule has 0 aliphatic carbocycles. The van der Waals surface area contributed by atoms with Gasteiger partial charge in [0.05, 0.1) is 6.61 Å². The molecule has 0 aliphatic rings. The molecule has 1 rings (SSSR count). The van der Waals surface area contributed by atoms with E-state index in [4.69, 9.17) is 9.47 Å². The SMILES string of the molecule is CCCCCCCCCCCCCCOC(=O)CCCC(=O)OCc1cc(F)c(F)cc1F. The molecular weight excluding hydrogens is 433 g/mol. The number of unbranched alkanes of at least 4 members (excludes halogenated alkanes) is 11. The summed E-state index contributed by atoms with van der Waals surface area (Å²) in [6.45, 7) is 2.12. The quantitative estimate of drug-likeness (QED) is 0.118. The largest absolute Gasteiger partial charge is 0.466 e. The van der Waals surface area contributed by atoms with E-state index in [1.54, 1.807) is 0 Å². The molecule has 0 radical (unpaired) electrons. The van der Waals surface area contributed by atoms with Crippen LogP contribution in [0.1, 0.15) is 109 Å². The van der Waals surface area contributed by atoms with Crippen LogP contribution in [0.2, 0.25) is 0 Å². The number of ether oxygens (including phenoxy) is 2. The maximum atomic E-state index is 13.5. The summed E-state index contributed by atoms with van der Waals surface area (Å²) < 4.78 is 49.5. The molecule has 0 saturated carbocycles. The summed E-state index contributed by atoms with van der Waals surface area (Å²) in [6.07, 6.45) is 15.2. The zero-order chi connectivity index (χ0) is 24.3. The van der Waals surface area contributed by atoms with Crippen LogP contribution in [-0.2, 0) is 25.7 Å². The highest BCUT2D eigenvalue weighted by atomic mass is 19.2. The van der Waals surface area contributed by atoms with Crippen LogP contribution in [0.25, 0.3) is 0 Å². The Morgan fingerprint density at radius 3 is 1.70 bits per heavy atom. The Bertz CT molecular complexity index is 694. The number of benzene rings is 1. The molecule has 0 spiro atoms. The maximum Gasteiger partial charge on any atom is 0.306 e. The maximum absolute atomic E-state index is 13.5. The number of rotatable bonds is 19. The fourth-order valence-electron chi connectivity index (χ4n) is 3.48. The lowest BCUT2D eigenvalue weighted by atomic mass is 10.1. The molecule has 0 heterocycles. The molecule has 4 nitrogen and oxygen atoms in total. The summed E-state index contributed by atoms with van der Waals surface area (Å²) in [4.78, 5) is 23.4. The van der Waals surface area contributed by atoms with Crippen LogP contribution in [0, 0.1) is 17.5 Å². The highest BCUT2D eigenvalue weighted by molar-refractivity contribution is 5.72. The second-order valence-corrected chi connectivity index (χ2v) is 8.48. The van der Waals surface area contributed by atoms with Gasteiger partial charge in [-0.1, -0.05) is 77.6 Å². The van der Waals surface area contributed by atoms with Crippen LogP contribution >= 0.6 is 0 Å². The minimum absolute atomic E-state index is 0.0427. The van der Waals surface area contributed by atoms with Crippen molar-refractivity contribution in [2.24, 2.45) is 0 Å². The highest BCUT2D eigenvalue weighted by Crippen LogP contribution is 2.15. The summed E-state index contributed by atoms with van der Waals surface area (Å²) in [6, 6.07) is 1.07. The van der Waals surface area contributed by atoms with Crippen LogP contribution in [0.3, 0.4) is 0 Å². The van der Waals surface area contributed by atoms with Crippen molar-refractivity contribution in [1.29, 1.82) is 0 Å². The number of hydrogen-bond donors (Lipinski definition) is 0. The fourth-order valence-corrected chi connectivity index (χ4v) is 3.48. The zero-order valence-electron chi connectivity index (χ0n) is 19.9. The van der Waals surface area contributed by atoms with Gasteiger partial charge in [-0.25, -0.2) is 13.2 Å². The van der Waals surface area contributed by atoms with Crippen molar-refractivity contribution in [1.82, 2.24) is 0 Å². The molecule has 0 unspecified atom stereocenters. The van der Waals surface area contributed by atoms with E-state index in [9.17, 15) is 22.8 Å². The van der Waals surface area contributed by atoms with Crippen LogP contribution in [0.15, 0.2) is 12.1 Å². The van der Waals surface area contributed by atoms with Gasteiger partial charge in [0, 0.05) is 24.5 Å². The van der Waals surface area contributed by atoms with Crippen molar-refractivity contribution in [3.05, 3.63) is 35.1 Å². The summed E-state index contributed by atoms with van der Waals surface area (Å²) in [5.41, 5.74) is -0.246. The lowest BCUT2D eigenvalue weighted by molar-refractivity contribution is -0.146. The second-order valence-electron chi connectivity index (χ2n) is 8.48. The zero-order valence-corrected chi connectivity index (χ0v) is 19.9. The van der Waals surface area contributed by atoms with Crippen molar-refractivity contribution >= 4 is 11.9 Å². The Morgan fingerprint density at radius 2 is 1.12 bits per heavy atom. The summed E-state index contributed by atoms with van der Waals surface area (Å²) in [5, 5.41) is 0. The Labute approximate surface area is 196 Å². The molecule has 0 N–H and O–H groups in total. The minimum Gasteiger partial charge on any atom is -0.466 e. The number of esters is 2. The van der Waals surface area contributed by atoms with Crippen molar-refractivity contribution in [3.63, 3.8) is 0 Å². The molecule has 1 aromatic carbocycles. The van der Waals surface area contributed by atoms with Gasteiger partial charge in [0.1, 0.15) is 12.4 Å². The van der Waals surface area contributed by atoms with Gasteiger partial charge in [-0.2, -0.15) is 0 Å². The first-order valence-corrected chi connectivity index (χ1v) is 12.4. The van der Waals surface area contributed by atoms with Crippen molar-refractivity contribution in [2.45, 2.75) is 110 Å². The average molecular weight is 473 g/mol. The third-order valence-corrected chi connectivity index (χ3v) is 5.50. The second kappa shape index (κ2) is 18.4. The van der Waals surface area contributed by atoms with Gasteiger partial charge in [-0.05, 0) is 18.9 Å². The molecule has 7 heteroatoms. The molecule has 188 valence electrons. The van der Waals surface area contributed by atoms with E-state index in [1.807, 2.05) is 0 Å². The molecule has 0 amide bonds. The van der Waals surface area contributed by atoms with Gasteiger partial charge >= 0.3 is 11.9 Å². The number of carbonyl (C=O) groups excluding carboxylic acids is 2. The fraction of sp³-hybridized carbons (Fsp3) is 0.692. The first-order chi connectivity index (χ1) is 15.9. The van der Waals surface area contributed by atoms with E-state index in [2.05, 4.69) is 6.92 Å². The third-order valence-electron chi connectivity index (χ3n) is 5.50. The Kier molecular flexibility index (Phi) is 16.1. The first-order valence-electron chi connectivity index (χ1n) is 12.4. The number of halogens is 3. The highest BCUT2D eigenvalue weighted by Gasteiger charge is 2.12. The molecule has 0 aliphatic heterocycles. The van der Waals surface area contributed by atoms with E-state index in [-0.39, 0.29) is 30.8 Å². The van der Waals surface area contributed by atoms with Crippen LogP contribution in [-0.4, -0.2) is 18.5 Å². The Hall–Kier alpha value is -2.05. The Morgan fingerprint density at radius 1 is 0.636 bits per heavy atom. The molecule has 0 saturated heterocycles. The van der Waals surface area contributed by atoms with Gasteiger partial charge in [0.15, 0.2) is 11.6 Å². The van der Waals surface area contributed by atoms with Crippen molar-refractivity contribution in [2.75, 3.05) is 6.61 Å². The topological polar surface area (TPSA) is 52.6 Å². The first kappa shape index (κ1) is 29.0. The average Bonchev–Trinajstić information content (AvgIpc) is 2.78. The lowest BCUT2D eigenvalue weighted by Crippen LogP contribution is -2.09. The molecule has 0 fully saturated rings. The third kappa shape index (κ3) is 14.7. The standard InChI is InChI=1S/C26H39F3O4/c1-2-3-4-5-6-7-8-9-10-11-12-13-17-32-25(30)15-14-16-26(31)33-20-21-18-23(28)24(29)19-22(21)27/h18-19H,2-17,20H2,1H3. The van der Waals surface area contributed by atoms with E-state index >= 15 is 0 Å². The van der Waals surface area contributed by atoms with Crippen molar-refractivity contribution < 1.29 is 32.2 Å². The molecule has 1 aromatic rings. The lowest BCUT2D eigenvalue weighted by Gasteiger charge is -2.07. The molecule has 33 heavy (non-hydrogen) atoms. The predicted molar refractivity (Wildman–Crippen MR) is 122 cm³/mol. The minimum atomic E-state index is -1.30. The van der Waals surface area contributed by atoms with Crippen LogP contribution < -0.4 is 0 Å². The molecule has 0 bridgehead atoms. The van der Waals surface area contributed by atoms with Gasteiger partial charge in [-0.3, -0.25) is 9.59 Å². The van der Waals surface area contributed by atoms with E-state index in [1.165, 1.54) is 57.8 Å². The summed E-state index contributed by atoms with van der Waals surface area (Å²) in [7, 11) is 0. The Balaban J connectivity index is 1.94. The van der Waals surface area contributed by atoms with E-state index in [0.717, 1.165) is 19.3 Å². The molecule has 0 aromatic heterocycles. The smallest absolute Gasteiger partial charge is 0.306 e. The predicted octanol–water partition coefficient (Wildman–Crippen LogP) is 7.56. The summed E-state index contributed by atoms with van der Waals surface area (Å²) in [5.74, 6) is -4.50.